The first-order valence-corrected chi connectivity index (χ1v) is 11.8. The van der Waals surface area contributed by atoms with Crippen LogP contribution in [0, 0.1) is 17.7 Å². The van der Waals surface area contributed by atoms with E-state index in [9.17, 15) is 8.96 Å². The zero-order valence-corrected chi connectivity index (χ0v) is 19.6. The Balaban J connectivity index is 3.31. The van der Waals surface area contributed by atoms with E-state index in [1.807, 2.05) is 0 Å². The van der Waals surface area contributed by atoms with Crippen molar-refractivity contribution in [1.29, 1.82) is 0 Å². The van der Waals surface area contributed by atoms with Gasteiger partial charge in [-0.3, -0.25) is 4.57 Å². The molecule has 0 aliphatic rings. The summed E-state index contributed by atoms with van der Waals surface area (Å²) in [6.07, 6.45) is 0.313. The summed E-state index contributed by atoms with van der Waals surface area (Å²) >= 11 is 0. The fraction of sp³-hybridized carbons (Fsp3) is 0.565. The number of halogens is 1. The third-order valence-corrected chi connectivity index (χ3v) is 8.55. The SMILES string of the molecule is C=C(C#Cc1ccc(F)cc1)CP(=O)(N(C(C)C)C(C)C)N(C(C)C)C(C)C. The van der Waals surface area contributed by atoms with Crippen LogP contribution in [0.2, 0.25) is 0 Å². The van der Waals surface area contributed by atoms with Gasteiger partial charge in [-0.1, -0.05) is 18.4 Å². The largest absolute Gasteiger partial charge is 0.288 e. The Kier molecular flexibility index (Phi) is 9.15. The molecule has 0 amide bonds. The maximum atomic E-state index is 14.5. The highest BCUT2D eigenvalue weighted by molar-refractivity contribution is 7.59. The average Bonchev–Trinajstić information content (AvgIpc) is 2.52. The van der Waals surface area contributed by atoms with Gasteiger partial charge in [-0.25, -0.2) is 13.7 Å². The lowest BCUT2D eigenvalue weighted by Crippen LogP contribution is -2.46. The van der Waals surface area contributed by atoms with E-state index in [2.05, 4.69) is 83.2 Å². The predicted molar refractivity (Wildman–Crippen MR) is 119 cm³/mol. The third-order valence-electron chi connectivity index (χ3n) is 4.46. The molecule has 0 N–H and O–H groups in total. The molecule has 0 unspecified atom stereocenters. The Hall–Kier alpha value is -1.40. The molecule has 0 radical (unpaired) electrons. The maximum Gasteiger partial charge on any atom is 0.222 e. The highest BCUT2D eigenvalue weighted by Crippen LogP contribution is 2.58. The summed E-state index contributed by atoms with van der Waals surface area (Å²) in [7, 11) is -2.94. The van der Waals surface area contributed by atoms with Crippen molar-refractivity contribution in [3.63, 3.8) is 0 Å². The molecule has 3 nitrogen and oxygen atoms in total. The fourth-order valence-corrected chi connectivity index (χ4v) is 7.93. The van der Waals surface area contributed by atoms with Crippen LogP contribution in [0.5, 0.6) is 0 Å². The summed E-state index contributed by atoms with van der Waals surface area (Å²) in [5, 5.41) is 0. The molecule has 0 aliphatic carbocycles. The highest BCUT2D eigenvalue weighted by atomic mass is 31.2. The third kappa shape index (κ3) is 6.31. The van der Waals surface area contributed by atoms with Gasteiger partial charge in [0.1, 0.15) is 5.82 Å². The number of hydrogen-bond acceptors (Lipinski definition) is 1. The average molecular weight is 407 g/mol. The summed E-state index contributed by atoms with van der Waals surface area (Å²) in [6.45, 7) is 20.8. The van der Waals surface area contributed by atoms with Crippen molar-refractivity contribution >= 4 is 7.44 Å². The fourth-order valence-electron chi connectivity index (χ4n) is 3.90. The molecule has 0 fully saturated rings. The minimum Gasteiger partial charge on any atom is -0.288 e. The van der Waals surface area contributed by atoms with Crippen LogP contribution in [0.15, 0.2) is 36.4 Å². The van der Waals surface area contributed by atoms with E-state index in [1.165, 1.54) is 12.1 Å². The lowest BCUT2D eigenvalue weighted by molar-refractivity contribution is 0.226. The van der Waals surface area contributed by atoms with Crippen LogP contribution in [-0.2, 0) is 4.57 Å². The van der Waals surface area contributed by atoms with Crippen molar-refractivity contribution in [2.24, 2.45) is 0 Å². The van der Waals surface area contributed by atoms with Crippen LogP contribution >= 0.6 is 7.44 Å². The summed E-state index contributed by atoms with van der Waals surface area (Å²) in [4.78, 5) is 0. The van der Waals surface area contributed by atoms with Crippen molar-refractivity contribution in [2.45, 2.75) is 79.6 Å². The van der Waals surface area contributed by atoms with Crippen LogP contribution in [0.4, 0.5) is 4.39 Å². The quantitative estimate of drug-likeness (QED) is 0.381. The minimum absolute atomic E-state index is 0.128. The molecule has 0 aromatic heterocycles. The second kappa shape index (κ2) is 10.4. The molecule has 5 heteroatoms. The molecule has 0 spiro atoms. The second-order valence-electron chi connectivity index (χ2n) is 8.32. The number of benzene rings is 1. The van der Waals surface area contributed by atoms with E-state index < -0.39 is 7.44 Å². The molecular weight excluding hydrogens is 370 g/mol. The van der Waals surface area contributed by atoms with Crippen LogP contribution in [-0.4, -0.2) is 39.7 Å². The van der Waals surface area contributed by atoms with Gasteiger partial charge in [0.25, 0.3) is 0 Å². The molecule has 1 aromatic rings. The Morgan fingerprint density at radius 1 is 0.929 bits per heavy atom. The van der Waals surface area contributed by atoms with Crippen molar-refractivity contribution in [3.8, 4) is 11.8 Å². The topological polar surface area (TPSA) is 23.6 Å². The monoisotopic (exact) mass is 406 g/mol. The maximum absolute atomic E-state index is 14.5. The lowest BCUT2D eigenvalue weighted by Gasteiger charge is -2.47. The zero-order valence-electron chi connectivity index (χ0n) is 18.7. The van der Waals surface area contributed by atoms with Gasteiger partial charge >= 0.3 is 0 Å². The first-order valence-electron chi connectivity index (χ1n) is 10.0. The smallest absolute Gasteiger partial charge is 0.222 e. The van der Waals surface area contributed by atoms with Crippen molar-refractivity contribution in [3.05, 3.63) is 47.8 Å². The molecule has 1 rings (SSSR count). The Morgan fingerprint density at radius 3 is 1.68 bits per heavy atom. The van der Waals surface area contributed by atoms with E-state index in [-0.39, 0.29) is 30.0 Å². The van der Waals surface area contributed by atoms with Gasteiger partial charge in [0, 0.05) is 35.3 Å². The van der Waals surface area contributed by atoms with Gasteiger partial charge in [0.15, 0.2) is 0 Å². The second-order valence-corrected chi connectivity index (χ2v) is 10.9. The first-order chi connectivity index (χ1) is 12.9. The molecule has 28 heavy (non-hydrogen) atoms. The van der Waals surface area contributed by atoms with Gasteiger partial charge in [0.2, 0.25) is 7.44 Å². The van der Waals surface area contributed by atoms with Gasteiger partial charge in [-0.15, -0.1) is 0 Å². The van der Waals surface area contributed by atoms with Crippen LogP contribution in [0.3, 0.4) is 0 Å². The number of hydrogen-bond donors (Lipinski definition) is 0. The molecule has 0 aliphatic heterocycles. The van der Waals surface area contributed by atoms with Crippen LogP contribution in [0.1, 0.15) is 61.0 Å². The van der Waals surface area contributed by atoms with Gasteiger partial charge in [-0.05, 0) is 79.7 Å². The minimum atomic E-state index is -2.94. The summed E-state index contributed by atoms with van der Waals surface area (Å²) in [5.41, 5.74) is 1.34. The predicted octanol–water partition coefficient (Wildman–Crippen LogP) is 6.16. The molecule has 156 valence electrons. The Bertz CT molecular complexity index is 717. The molecule has 1 aromatic carbocycles. The summed E-state index contributed by atoms with van der Waals surface area (Å²) in [5.74, 6) is 5.77. The molecule has 0 bridgehead atoms. The number of rotatable bonds is 8. The van der Waals surface area contributed by atoms with Gasteiger partial charge < -0.3 is 0 Å². The van der Waals surface area contributed by atoms with E-state index in [4.69, 9.17) is 0 Å². The Morgan fingerprint density at radius 2 is 1.32 bits per heavy atom. The van der Waals surface area contributed by atoms with Gasteiger partial charge in [-0.2, -0.15) is 0 Å². The van der Waals surface area contributed by atoms with Gasteiger partial charge in [0.05, 0.1) is 6.16 Å². The summed E-state index contributed by atoms with van der Waals surface area (Å²) in [6, 6.07) is 6.56. The number of allylic oxidation sites excluding steroid dienone is 1. The van der Waals surface area contributed by atoms with Crippen molar-refractivity contribution in [2.75, 3.05) is 6.16 Å². The Labute approximate surface area is 171 Å². The molecule has 0 atom stereocenters. The first kappa shape index (κ1) is 24.6. The van der Waals surface area contributed by atoms with Crippen molar-refractivity contribution < 1.29 is 8.96 Å². The van der Waals surface area contributed by atoms with E-state index in [0.29, 0.717) is 17.3 Å². The number of nitrogens with zero attached hydrogens (tertiary/aromatic N) is 2. The van der Waals surface area contributed by atoms with Crippen molar-refractivity contribution in [1.82, 2.24) is 9.34 Å². The molecule has 0 saturated heterocycles. The molecule has 0 saturated carbocycles. The van der Waals surface area contributed by atoms with Crippen LogP contribution < -0.4 is 0 Å². The summed E-state index contributed by atoms with van der Waals surface area (Å²) < 4.78 is 31.8. The van der Waals surface area contributed by atoms with E-state index in [0.717, 1.165) is 0 Å². The normalized spacial score (nSPS) is 12.4. The molecular formula is C23H36FN2OP. The molecule has 0 heterocycles. The van der Waals surface area contributed by atoms with E-state index >= 15 is 0 Å². The zero-order chi connectivity index (χ0) is 21.6. The van der Waals surface area contributed by atoms with Crippen LogP contribution in [0.25, 0.3) is 0 Å². The van der Waals surface area contributed by atoms with E-state index in [1.54, 1.807) is 12.1 Å². The lowest BCUT2D eigenvalue weighted by atomic mass is 10.2. The highest BCUT2D eigenvalue weighted by Gasteiger charge is 2.42. The standard InChI is InChI=1S/C23H36FN2OP/c1-17(2)25(18(3)4)28(27,26(19(5)6)20(7)8)16-21(9)10-11-22-12-14-23(24)15-13-22/h12-15,17-20H,9,16H2,1-8H3.